The van der Waals surface area contributed by atoms with E-state index in [2.05, 4.69) is 39.0 Å². The van der Waals surface area contributed by atoms with Crippen molar-refractivity contribution in [1.29, 1.82) is 0 Å². The molecule has 0 aliphatic heterocycles. The van der Waals surface area contributed by atoms with Gasteiger partial charge in [-0.15, -0.1) is 0 Å². The summed E-state index contributed by atoms with van der Waals surface area (Å²) in [6.45, 7) is 13.8. The van der Waals surface area contributed by atoms with Crippen LogP contribution in [0.1, 0.15) is 87.0 Å². The minimum absolute atomic E-state index is 0.334. The normalized spacial score (nSPS) is 13.6. The van der Waals surface area contributed by atoms with E-state index >= 15 is 0 Å². The van der Waals surface area contributed by atoms with Crippen molar-refractivity contribution < 1.29 is 19.0 Å². The smallest absolute Gasteiger partial charge is 0.337 e. The van der Waals surface area contributed by atoms with Gasteiger partial charge >= 0.3 is 5.97 Å². The molecule has 29 heavy (non-hydrogen) atoms. The highest BCUT2D eigenvalue weighted by Crippen LogP contribution is 2.19. The van der Waals surface area contributed by atoms with Gasteiger partial charge in [0.05, 0.1) is 25.6 Å². The topological polar surface area (TPSA) is 44.8 Å². The van der Waals surface area contributed by atoms with Gasteiger partial charge in [0.1, 0.15) is 11.4 Å². The molecule has 0 aromatic rings. The maximum atomic E-state index is 12.2. The van der Waals surface area contributed by atoms with Crippen molar-refractivity contribution >= 4 is 5.97 Å². The van der Waals surface area contributed by atoms with E-state index in [4.69, 9.17) is 14.2 Å². The quantitative estimate of drug-likeness (QED) is 0.151. The predicted molar refractivity (Wildman–Crippen MR) is 122 cm³/mol. The number of carbonyl (C=O) groups is 1. The van der Waals surface area contributed by atoms with Crippen molar-refractivity contribution in [3.63, 3.8) is 0 Å². The van der Waals surface area contributed by atoms with E-state index in [0.29, 0.717) is 17.8 Å². The maximum absolute atomic E-state index is 12.2. The van der Waals surface area contributed by atoms with Crippen molar-refractivity contribution in [2.45, 2.75) is 92.6 Å². The van der Waals surface area contributed by atoms with Crippen LogP contribution < -0.4 is 0 Å². The fraction of sp³-hybridized carbons (Fsp3) is 0.640. The Bertz CT molecular complexity index is 624. The van der Waals surface area contributed by atoms with E-state index in [9.17, 15) is 4.79 Å². The first-order chi connectivity index (χ1) is 13.5. The van der Waals surface area contributed by atoms with Gasteiger partial charge in [-0.25, -0.2) is 4.79 Å². The zero-order valence-electron chi connectivity index (χ0n) is 20.1. The van der Waals surface area contributed by atoms with Gasteiger partial charge in [0.15, 0.2) is 0 Å². The Balaban J connectivity index is 4.69. The van der Waals surface area contributed by atoms with Gasteiger partial charge in [0, 0.05) is 12.8 Å². The molecule has 0 rings (SSSR count). The monoisotopic (exact) mass is 406 g/mol. The summed E-state index contributed by atoms with van der Waals surface area (Å²) in [5.41, 5.74) is 2.78. The molecule has 0 aromatic carbocycles. The lowest BCUT2D eigenvalue weighted by Gasteiger charge is -2.20. The Hall–Kier alpha value is -1.97. The number of hydrogen-bond acceptors (Lipinski definition) is 4. The van der Waals surface area contributed by atoms with Crippen molar-refractivity contribution in [2.75, 3.05) is 14.2 Å². The molecule has 4 heteroatoms. The number of methoxy groups -OCH3 is 2. The molecular weight excluding hydrogens is 364 g/mol. The van der Waals surface area contributed by atoms with E-state index in [1.54, 1.807) is 21.1 Å². The number of ether oxygens (including phenoxy) is 3. The third-order valence-corrected chi connectivity index (χ3v) is 4.35. The second kappa shape index (κ2) is 14.1. The molecule has 0 N–H and O–H groups in total. The van der Waals surface area contributed by atoms with Gasteiger partial charge in [0.2, 0.25) is 0 Å². The Morgan fingerprint density at radius 1 is 0.793 bits per heavy atom. The molecule has 4 nitrogen and oxygen atoms in total. The molecule has 0 bridgehead atoms. The molecule has 0 saturated heterocycles. The SMILES string of the molecule is COC(=CCCC(OC)=C(C)C(=O)OC(C)(C)C)CCC=C(C)CCC=C(C)C. The number of carbonyl (C=O) groups excluding carboxylic acids is 1. The average Bonchev–Trinajstić information content (AvgIpc) is 2.61. The molecular formula is C25H42O4. The first kappa shape index (κ1) is 27.0. The molecule has 0 saturated carbocycles. The zero-order chi connectivity index (χ0) is 22.4. The molecule has 0 heterocycles. The standard InChI is InChI=1S/C25H42O4/c1-19(2)13-10-14-20(3)15-11-16-22(27-8)17-12-18-23(28-9)21(4)24(26)29-25(5,6)7/h13,15,17H,10-12,14,16,18H2,1-9H3. The van der Waals surface area contributed by atoms with Crippen LogP contribution in [0.5, 0.6) is 0 Å². The van der Waals surface area contributed by atoms with Gasteiger partial charge in [-0.05, 0) is 80.2 Å². The van der Waals surface area contributed by atoms with Crippen molar-refractivity contribution in [2.24, 2.45) is 0 Å². The van der Waals surface area contributed by atoms with Crippen molar-refractivity contribution in [1.82, 2.24) is 0 Å². The highest BCUT2D eigenvalue weighted by Gasteiger charge is 2.20. The van der Waals surface area contributed by atoms with E-state index < -0.39 is 5.60 Å². The zero-order valence-corrected chi connectivity index (χ0v) is 20.1. The Morgan fingerprint density at radius 2 is 1.38 bits per heavy atom. The largest absolute Gasteiger partial charge is 0.501 e. The number of hydrogen-bond donors (Lipinski definition) is 0. The first-order valence-corrected chi connectivity index (χ1v) is 10.5. The lowest BCUT2D eigenvalue weighted by atomic mass is 10.1. The van der Waals surface area contributed by atoms with Crippen LogP contribution in [0, 0.1) is 0 Å². The van der Waals surface area contributed by atoms with Crippen LogP contribution >= 0.6 is 0 Å². The van der Waals surface area contributed by atoms with Crippen LogP contribution in [0.4, 0.5) is 0 Å². The van der Waals surface area contributed by atoms with Crippen molar-refractivity contribution in [3.8, 4) is 0 Å². The van der Waals surface area contributed by atoms with Crippen molar-refractivity contribution in [3.05, 3.63) is 46.5 Å². The molecule has 0 radical (unpaired) electrons. The third kappa shape index (κ3) is 13.8. The maximum Gasteiger partial charge on any atom is 0.337 e. The number of esters is 1. The molecule has 0 unspecified atom stereocenters. The highest BCUT2D eigenvalue weighted by molar-refractivity contribution is 5.88. The van der Waals surface area contributed by atoms with Gasteiger partial charge in [-0.3, -0.25) is 0 Å². The number of allylic oxidation sites excluding steroid dienone is 7. The summed E-state index contributed by atoms with van der Waals surface area (Å²) in [4.78, 5) is 12.2. The minimum Gasteiger partial charge on any atom is -0.501 e. The molecule has 0 atom stereocenters. The summed E-state index contributed by atoms with van der Waals surface area (Å²) in [7, 11) is 3.29. The Labute approximate surface area is 178 Å². The van der Waals surface area contributed by atoms with Crippen LogP contribution in [0.3, 0.4) is 0 Å². The predicted octanol–water partition coefficient (Wildman–Crippen LogP) is 7.03. The summed E-state index contributed by atoms with van der Waals surface area (Å²) in [6.07, 6.45) is 12.0. The van der Waals surface area contributed by atoms with E-state index in [1.165, 1.54) is 11.1 Å². The summed E-state index contributed by atoms with van der Waals surface area (Å²) < 4.78 is 16.4. The molecule has 0 amide bonds. The van der Waals surface area contributed by atoms with E-state index in [0.717, 1.165) is 37.9 Å². The van der Waals surface area contributed by atoms with Gasteiger partial charge in [-0.2, -0.15) is 0 Å². The van der Waals surface area contributed by atoms with Crippen LogP contribution in [0.15, 0.2) is 46.5 Å². The fourth-order valence-electron chi connectivity index (χ4n) is 2.71. The van der Waals surface area contributed by atoms with Gasteiger partial charge in [-0.1, -0.05) is 23.3 Å². The molecule has 0 spiro atoms. The molecule has 0 aliphatic rings. The second-order valence-electron chi connectivity index (χ2n) is 8.58. The molecule has 166 valence electrons. The Morgan fingerprint density at radius 3 is 1.90 bits per heavy atom. The van der Waals surface area contributed by atoms with Gasteiger partial charge in [0.25, 0.3) is 0 Å². The van der Waals surface area contributed by atoms with E-state index in [-0.39, 0.29) is 5.97 Å². The fourth-order valence-corrected chi connectivity index (χ4v) is 2.71. The Kier molecular flexibility index (Phi) is 13.1. The van der Waals surface area contributed by atoms with E-state index in [1.807, 2.05) is 20.8 Å². The lowest BCUT2D eigenvalue weighted by Crippen LogP contribution is -2.25. The average molecular weight is 407 g/mol. The van der Waals surface area contributed by atoms with Crippen LogP contribution in [0.25, 0.3) is 0 Å². The van der Waals surface area contributed by atoms with Crippen LogP contribution in [-0.2, 0) is 19.0 Å². The lowest BCUT2D eigenvalue weighted by molar-refractivity contribution is -0.150. The summed E-state index contributed by atoms with van der Waals surface area (Å²) in [5.74, 6) is 1.28. The molecule has 0 aliphatic carbocycles. The molecule has 0 aromatic heterocycles. The second-order valence-corrected chi connectivity index (χ2v) is 8.58. The summed E-state index contributed by atoms with van der Waals surface area (Å²) in [6, 6.07) is 0. The van der Waals surface area contributed by atoms with Gasteiger partial charge < -0.3 is 14.2 Å². The minimum atomic E-state index is -0.516. The summed E-state index contributed by atoms with van der Waals surface area (Å²) in [5, 5.41) is 0. The van der Waals surface area contributed by atoms with Crippen LogP contribution in [0.2, 0.25) is 0 Å². The number of rotatable bonds is 12. The summed E-state index contributed by atoms with van der Waals surface area (Å²) >= 11 is 0. The third-order valence-electron chi connectivity index (χ3n) is 4.35. The highest BCUT2D eigenvalue weighted by atomic mass is 16.6. The van der Waals surface area contributed by atoms with Crippen LogP contribution in [-0.4, -0.2) is 25.8 Å². The molecule has 0 fully saturated rings. The first-order valence-electron chi connectivity index (χ1n) is 10.5.